The van der Waals surface area contributed by atoms with E-state index in [0.717, 1.165) is 33.6 Å². The van der Waals surface area contributed by atoms with Crippen molar-refractivity contribution < 1.29 is 13.2 Å². The fraction of sp³-hybridized carbons (Fsp3) is 0.118. The number of hydrogen-bond acceptors (Lipinski definition) is 2. The third-order valence-electron chi connectivity index (χ3n) is 3.53. The molecule has 0 atom stereocenters. The second-order valence-corrected chi connectivity index (χ2v) is 6.10. The highest BCUT2D eigenvalue weighted by Crippen LogP contribution is 2.32. The molecule has 0 aliphatic rings. The molecule has 0 amide bonds. The monoisotopic (exact) mass is 395 g/mol. The van der Waals surface area contributed by atoms with Crippen molar-refractivity contribution in [1.82, 2.24) is 9.78 Å². The maximum Gasteiger partial charge on any atom is 0.416 e. The van der Waals surface area contributed by atoms with Gasteiger partial charge < -0.3 is 5.32 Å². The van der Waals surface area contributed by atoms with Crippen molar-refractivity contribution in [3.8, 4) is 11.3 Å². The maximum absolute atomic E-state index is 12.6. The van der Waals surface area contributed by atoms with Gasteiger partial charge in [0.1, 0.15) is 0 Å². The number of aromatic nitrogens is 2. The Hall–Kier alpha value is -2.28. The van der Waals surface area contributed by atoms with Crippen LogP contribution in [0, 0.1) is 0 Å². The van der Waals surface area contributed by atoms with Gasteiger partial charge in [-0.15, -0.1) is 0 Å². The first kappa shape index (κ1) is 16.6. The average molecular weight is 396 g/mol. The van der Waals surface area contributed by atoms with E-state index in [1.165, 1.54) is 12.1 Å². The summed E-state index contributed by atoms with van der Waals surface area (Å²) in [7, 11) is 1.84. The van der Waals surface area contributed by atoms with Gasteiger partial charge in [-0.2, -0.15) is 18.3 Å². The van der Waals surface area contributed by atoms with E-state index in [0.29, 0.717) is 5.69 Å². The molecule has 2 aromatic carbocycles. The largest absolute Gasteiger partial charge is 0.416 e. The van der Waals surface area contributed by atoms with Gasteiger partial charge in [0.2, 0.25) is 0 Å². The minimum absolute atomic E-state index is 0.587. The molecule has 0 radical (unpaired) electrons. The van der Waals surface area contributed by atoms with E-state index in [2.05, 4.69) is 26.3 Å². The third-order valence-corrected chi connectivity index (χ3v) is 4.11. The Morgan fingerprint density at radius 1 is 1.04 bits per heavy atom. The summed E-state index contributed by atoms with van der Waals surface area (Å²) in [5.74, 6) is 0. The fourth-order valence-corrected chi connectivity index (χ4v) is 2.97. The van der Waals surface area contributed by atoms with Crippen LogP contribution in [0.1, 0.15) is 5.56 Å². The Bertz CT molecular complexity index is 835. The quantitative estimate of drug-likeness (QED) is 0.624. The summed E-state index contributed by atoms with van der Waals surface area (Å²) in [5, 5.41) is 7.29. The molecule has 3 aromatic rings. The first-order chi connectivity index (χ1) is 11.3. The van der Waals surface area contributed by atoms with Crippen molar-refractivity contribution in [3.63, 3.8) is 0 Å². The van der Waals surface area contributed by atoms with Crippen LogP contribution in [0.5, 0.6) is 0 Å². The molecule has 0 saturated carbocycles. The van der Waals surface area contributed by atoms with Crippen molar-refractivity contribution in [3.05, 3.63) is 64.8 Å². The predicted molar refractivity (Wildman–Crippen MR) is 91.1 cm³/mol. The molecule has 0 unspecified atom stereocenters. The van der Waals surface area contributed by atoms with Crippen LogP contribution in [0.25, 0.3) is 11.3 Å². The van der Waals surface area contributed by atoms with Crippen LogP contribution in [0.4, 0.5) is 24.5 Å². The molecule has 0 aliphatic carbocycles. The van der Waals surface area contributed by atoms with Crippen LogP contribution in [-0.2, 0) is 13.2 Å². The fourth-order valence-electron chi connectivity index (χ4n) is 2.39. The Morgan fingerprint density at radius 2 is 1.75 bits per heavy atom. The number of benzene rings is 2. The van der Waals surface area contributed by atoms with Gasteiger partial charge >= 0.3 is 6.18 Å². The van der Waals surface area contributed by atoms with Gasteiger partial charge in [0.15, 0.2) is 0 Å². The van der Waals surface area contributed by atoms with Gasteiger partial charge in [-0.3, -0.25) is 4.68 Å². The van der Waals surface area contributed by atoms with E-state index in [1.807, 2.05) is 31.3 Å². The van der Waals surface area contributed by atoms with Crippen LogP contribution in [0.3, 0.4) is 0 Å². The van der Waals surface area contributed by atoms with E-state index in [9.17, 15) is 13.2 Å². The molecule has 7 heteroatoms. The minimum Gasteiger partial charge on any atom is -0.356 e. The van der Waals surface area contributed by atoms with Gasteiger partial charge in [0.05, 0.1) is 21.9 Å². The van der Waals surface area contributed by atoms with E-state index in [4.69, 9.17) is 0 Å². The number of rotatable bonds is 3. The number of alkyl halides is 3. The average Bonchev–Trinajstić information content (AvgIpc) is 2.86. The molecule has 1 heterocycles. The second-order valence-electron chi connectivity index (χ2n) is 5.25. The number of halogens is 4. The molecular formula is C17H13BrF3N3. The Kier molecular flexibility index (Phi) is 4.36. The Morgan fingerprint density at radius 3 is 2.33 bits per heavy atom. The van der Waals surface area contributed by atoms with Gasteiger partial charge in [-0.25, -0.2) is 0 Å². The van der Waals surface area contributed by atoms with Gasteiger partial charge in [-0.05, 0) is 52.3 Å². The lowest BCUT2D eigenvalue weighted by atomic mass is 10.1. The van der Waals surface area contributed by atoms with Crippen LogP contribution < -0.4 is 5.32 Å². The zero-order valence-electron chi connectivity index (χ0n) is 12.6. The number of aryl methyl sites for hydroxylation is 1. The summed E-state index contributed by atoms with van der Waals surface area (Å²) in [6, 6.07) is 12.5. The van der Waals surface area contributed by atoms with Crippen molar-refractivity contribution >= 4 is 27.3 Å². The molecule has 3 nitrogen and oxygen atoms in total. The summed E-state index contributed by atoms with van der Waals surface area (Å²) in [5.41, 5.74) is 2.56. The standard InChI is InChI=1S/C17H13BrF3N3/c1-24-16(15(18)10-22-24)11-3-2-4-14(9-11)23-13-7-5-12(6-8-13)17(19,20)21/h2-10,23H,1H3. The van der Waals surface area contributed by atoms with Crippen LogP contribution >= 0.6 is 15.9 Å². The van der Waals surface area contributed by atoms with Gasteiger partial charge in [0.25, 0.3) is 0 Å². The summed E-state index contributed by atoms with van der Waals surface area (Å²) in [6.45, 7) is 0. The molecule has 0 saturated heterocycles. The normalized spacial score (nSPS) is 11.5. The number of nitrogens with zero attached hydrogens (tertiary/aromatic N) is 2. The van der Waals surface area contributed by atoms with Crippen LogP contribution in [0.15, 0.2) is 59.2 Å². The minimum atomic E-state index is -4.33. The molecule has 0 aliphatic heterocycles. The van der Waals surface area contributed by atoms with E-state index in [-0.39, 0.29) is 0 Å². The molecule has 1 aromatic heterocycles. The van der Waals surface area contributed by atoms with E-state index < -0.39 is 11.7 Å². The number of anilines is 2. The molecule has 124 valence electrons. The second kappa shape index (κ2) is 6.32. The van der Waals surface area contributed by atoms with Gasteiger partial charge in [0, 0.05) is 24.0 Å². The van der Waals surface area contributed by atoms with E-state index >= 15 is 0 Å². The summed E-state index contributed by atoms with van der Waals surface area (Å²) >= 11 is 3.46. The van der Waals surface area contributed by atoms with Crippen molar-refractivity contribution in [2.45, 2.75) is 6.18 Å². The zero-order valence-corrected chi connectivity index (χ0v) is 14.2. The Balaban J connectivity index is 1.85. The van der Waals surface area contributed by atoms with Crippen LogP contribution in [-0.4, -0.2) is 9.78 Å². The highest BCUT2D eigenvalue weighted by atomic mass is 79.9. The third kappa shape index (κ3) is 3.46. The highest BCUT2D eigenvalue weighted by molar-refractivity contribution is 9.10. The molecule has 24 heavy (non-hydrogen) atoms. The highest BCUT2D eigenvalue weighted by Gasteiger charge is 2.29. The molecule has 0 spiro atoms. The Labute approximate surface area is 145 Å². The lowest BCUT2D eigenvalue weighted by Gasteiger charge is -2.11. The summed E-state index contributed by atoms with van der Waals surface area (Å²) in [6.07, 6.45) is -2.62. The van der Waals surface area contributed by atoms with Crippen molar-refractivity contribution in [2.24, 2.45) is 7.05 Å². The SMILES string of the molecule is Cn1ncc(Br)c1-c1cccc(Nc2ccc(C(F)(F)F)cc2)c1. The number of hydrogen-bond donors (Lipinski definition) is 1. The summed E-state index contributed by atoms with van der Waals surface area (Å²) in [4.78, 5) is 0. The smallest absolute Gasteiger partial charge is 0.356 e. The maximum atomic E-state index is 12.6. The van der Waals surface area contributed by atoms with Gasteiger partial charge in [-0.1, -0.05) is 12.1 Å². The molecule has 0 fully saturated rings. The topological polar surface area (TPSA) is 29.9 Å². The lowest BCUT2D eigenvalue weighted by Crippen LogP contribution is -2.04. The molecule has 1 N–H and O–H groups in total. The molecule has 0 bridgehead atoms. The lowest BCUT2D eigenvalue weighted by molar-refractivity contribution is -0.137. The van der Waals surface area contributed by atoms with Crippen molar-refractivity contribution in [2.75, 3.05) is 5.32 Å². The van der Waals surface area contributed by atoms with E-state index in [1.54, 1.807) is 10.9 Å². The molecular weight excluding hydrogens is 383 g/mol. The molecule has 3 rings (SSSR count). The predicted octanol–water partition coefficient (Wildman–Crippen LogP) is 5.61. The zero-order chi connectivity index (χ0) is 17.3. The number of nitrogens with one attached hydrogen (secondary N) is 1. The van der Waals surface area contributed by atoms with Crippen molar-refractivity contribution in [1.29, 1.82) is 0 Å². The first-order valence-corrected chi connectivity index (χ1v) is 7.86. The first-order valence-electron chi connectivity index (χ1n) is 7.07. The van der Waals surface area contributed by atoms with Crippen LogP contribution in [0.2, 0.25) is 0 Å². The summed E-state index contributed by atoms with van der Waals surface area (Å²) < 4.78 is 40.4.